The molecule has 2 aliphatic rings. The zero-order valence-corrected chi connectivity index (χ0v) is 19.6. The van der Waals surface area contributed by atoms with Crippen molar-refractivity contribution in [3.8, 4) is 11.5 Å². The Kier molecular flexibility index (Phi) is 6.43. The molecule has 0 spiro atoms. The average Bonchev–Trinajstić information content (AvgIpc) is 3.10. The number of anilines is 1. The van der Waals surface area contributed by atoms with Crippen molar-refractivity contribution < 1.29 is 22.7 Å². The quantitative estimate of drug-likeness (QED) is 0.701. The Labute approximate surface area is 188 Å². The molecule has 1 atom stereocenters. The number of nitrogens with one attached hydrogen (secondary N) is 1. The van der Waals surface area contributed by atoms with Gasteiger partial charge in [0.05, 0.1) is 43.0 Å². The fourth-order valence-corrected chi connectivity index (χ4v) is 5.95. The monoisotopic (exact) mass is 462 g/mol. The summed E-state index contributed by atoms with van der Waals surface area (Å²) in [7, 11) is -1.10. The van der Waals surface area contributed by atoms with E-state index in [2.05, 4.69) is 10.4 Å². The minimum absolute atomic E-state index is 0.111. The van der Waals surface area contributed by atoms with Crippen LogP contribution in [-0.4, -0.2) is 67.3 Å². The van der Waals surface area contributed by atoms with Crippen LogP contribution in [0.3, 0.4) is 0 Å². The fourth-order valence-electron chi connectivity index (χ4n) is 4.26. The van der Waals surface area contributed by atoms with E-state index in [-0.39, 0.29) is 30.0 Å². The Morgan fingerprint density at radius 2 is 2.00 bits per heavy atom. The van der Waals surface area contributed by atoms with Gasteiger partial charge in [0.25, 0.3) is 0 Å². The van der Waals surface area contributed by atoms with Crippen LogP contribution in [0.2, 0.25) is 0 Å². The highest BCUT2D eigenvalue weighted by Gasteiger charge is 2.31. The summed E-state index contributed by atoms with van der Waals surface area (Å²) in [6, 6.07) is 5.29. The molecule has 0 radical (unpaired) electrons. The number of sulfone groups is 1. The highest BCUT2D eigenvalue weighted by Crippen LogP contribution is 2.32. The van der Waals surface area contributed by atoms with Gasteiger partial charge in [-0.2, -0.15) is 5.10 Å². The van der Waals surface area contributed by atoms with Crippen molar-refractivity contribution in [2.24, 2.45) is 0 Å². The Hall–Kier alpha value is -2.59. The summed E-state index contributed by atoms with van der Waals surface area (Å²) in [6.45, 7) is 5.85. The van der Waals surface area contributed by atoms with Crippen molar-refractivity contribution in [3.05, 3.63) is 35.2 Å². The molecule has 2 aliphatic heterocycles. The topological polar surface area (TPSA) is 103 Å². The highest BCUT2D eigenvalue weighted by molar-refractivity contribution is 7.91. The molecule has 32 heavy (non-hydrogen) atoms. The summed E-state index contributed by atoms with van der Waals surface area (Å²) in [5.41, 5.74) is 3.51. The minimum Gasteiger partial charge on any atom is -0.490 e. The summed E-state index contributed by atoms with van der Waals surface area (Å²) in [5.74, 6) is 1.55. The van der Waals surface area contributed by atoms with Crippen LogP contribution < -0.4 is 14.8 Å². The molecule has 3 heterocycles. The second kappa shape index (κ2) is 9.11. The third-order valence-corrected chi connectivity index (χ3v) is 7.65. The molecule has 1 aromatic heterocycles. The maximum atomic E-state index is 12.6. The van der Waals surface area contributed by atoms with Crippen LogP contribution in [0.4, 0.5) is 5.69 Å². The lowest BCUT2D eigenvalue weighted by Gasteiger charge is -2.18. The fraction of sp³-hybridized carbons (Fsp3) is 0.545. The first-order valence-electron chi connectivity index (χ1n) is 10.8. The lowest BCUT2D eigenvalue weighted by atomic mass is 10.1. The summed E-state index contributed by atoms with van der Waals surface area (Å²) >= 11 is 0. The number of hydrogen-bond donors (Lipinski definition) is 1. The third-order valence-electron chi connectivity index (χ3n) is 5.90. The number of rotatable bonds is 6. The van der Waals surface area contributed by atoms with Crippen molar-refractivity contribution in [1.29, 1.82) is 0 Å². The predicted molar refractivity (Wildman–Crippen MR) is 121 cm³/mol. The molecule has 1 amide bonds. The number of aromatic nitrogens is 2. The van der Waals surface area contributed by atoms with E-state index in [0.29, 0.717) is 43.4 Å². The van der Waals surface area contributed by atoms with Crippen LogP contribution in [0.1, 0.15) is 35.8 Å². The van der Waals surface area contributed by atoms with Gasteiger partial charge in [0, 0.05) is 36.0 Å². The number of fused-ring (bicyclic) bond motifs is 1. The zero-order valence-electron chi connectivity index (χ0n) is 18.8. The predicted octanol–water partition coefficient (Wildman–Crippen LogP) is 2.09. The Morgan fingerprint density at radius 1 is 1.25 bits per heavy atom. The van der Waals surface area contributed by atoms with Crippen LogP contribution in [0.15, 0.2) is 18.2 Å². The average molecular weight is 463 g/mol. The maximum Gasteiger partial charge on any atom is 0.238 e. The SMILES string of the molecule is Cc1nn(C2CCS(=O)(=O)C2)c(C)c1CN(C)CC(=O)Nc1ccc2c(c1)OCCCO2. The molecule has 1 unspecified atom stereocenters. The van der Waals surface area contributed by atoms with Gasteiger partial charge in [0.1, 0.15) is 0 Å². The minimum atomic E-state index is -2.98. The van der Waals surface area contributed by atoms with Gasteiger partial charge in [-0.3, -0.25) is 14.4 Å². The van der Waals surface area contributed by atoms with Gasteiger partial charge < -0.3 is 14.8 Å². The van der Waals surface area contributed by atoms with Crippen molar-refractivity contribution in [2.75, 3.05) is 43.6 Å². The maximum absolute atomic E-state index is 12.6. The van der Waals surface area contributed by atoms with E-state index in [4.69, 9.17) is 9.47 Å². The molecular formula is C22H30N4O5S. The number of carbonyl (C=O) groups excluding carboxylic acids is 1. The first-order valence-corrected chi connectivity index (χ1v) is 12.7. The molecule has 1 N–H and O–H groups in total. The van der Waals surface area contributed by atoms with Crippen molar-refractivity contribution in [2.45, 2.75) is 39.3 Å². The van der Waals surface area contributed by atoms with E-state index in [1.807, 2.05) is 36.5 Å². The van der Waals surface area contributed by atoms with Gasteiger partial charge in [-0.1, -0.05) is 0 Å². The summed E-state index contributed by atoms with van der Waals surface area (Å²) in [6.07, 6.45) is 1.42. The molecule has 4 rings (SSSR count). The molecule has 0 aliphatic carbocycles. The van der Waals surface area contributed by atoms with Gasteiger partial charge in [0.15, 0.2) is 21.3 Å². The van der Waals surface area contributed by atoms with E-state index in [9.17, 15) is 13.2 Å². The van der Waals surface area contributed by atoms with Crippen molar-refractivity contribution >= 4 is 21.4 Å². The van der Waals surface area contributed by atoms with E-state index in [0.717, 1.165) is 23.4 Å². The first kappa shape index (κ1) is 22.6. The van der Waals surface area contributed by atoms with E-state index < -0.39 is 9.84 Å². The van der Waals surface area contributed by atoms with Gasteiger partial charge in [-0.05, 0) is 39.4 Å². The number of hydrogen-bond acceptors (Lipinski definition) is 7. The van der Waals surface area contributed by atoms with Crippen molar-refractivity contribution in [1.82, 2.24) is 14.7 Å². The number of benzene rings is 1. The van der Waals surface area contributed by atoms with Crippen LogP contribution in [0.5, 0.6) is 11.5 Å². The van der Waals surface area contributed by atoms with E-state index in [1.165, 1.54) is 0 Å². The molecule has 1 saturated heterocycles. The van der Waals surface area contributed by atoms with E-state index >= 15 is 0 Å². The third kappa shape index (κ3) is 5.07. The van der Waals surface area contributed by atoms with Gasteiger partial charge >= 0.3 is 0 Å². The van der Waals surface area contributed by atoms with Crippen LogP contribution >= 0.6 is 0 Å². The Morgan fingerprint density at radius 3 is 2.72 bits per heavy atom. The molecule has 1 fully saturated rings. The lowest BCUT2D eigenvalue weighted by Crippen LogP contribution is -2.30. The number of carbonyl (C=O) groups is 1. The van der Waals surface area contributed by atoms with Crippen LogP contribution in [0, 0.1) is 13.8 Å². The second-order valence-electron chi connectivity index (χ2n) is 8.58. The first-order chi connectivity index (χ1) is 15.2. The summed E-state index contributed by atoms with van der Waals surface area (Å²) < 4.78 is 36.9. The van der Waals surface area contributed by atoms with Crippen LogP contribution in [0.25, 0.3) is 0 Å². The van der Waals surface area contributed by atoms with Gasteiger partial charge in [-0.25, -0.2) is 8.42 Å². The van der Waals surface area contributed by atoms with Gasteiger partial charge in [0.2, 0.25) is 5.91 Å². The number of likely N-dealkylation sites (N-methyl/N-ethyl adjacent to an activating group) is 1. The number of nitrogens with zero attached hydrogens (tertiary/aromatic N) is 3. The summed E-state index contributed by atoms with van der Waals surface area (Å²) in [4.78, 5) is 14.5. The molecule has 10 heteroatoms. The Balaban J connectivity index is 1.37. The molecule has 2 aromatic rings. The lowest BCUT2D eigenvalue weighted by molar-refractivity contribution is -0.117. The Bertz CT molecular complexity index is 1110. The molecule has 0 saturated carbocycles. The van der Waals surface area contributed by atoms with Crippen molar-refractivity contribution in [3.63, 3.8) is 0 Å². The van der Waals surface area contributed by atoms with Gasteiger partial charge in [-0.15, -0.1) is 0 Å². The highest BCUT2D eigenvalue weighted by atomic mass is 32.2. The molecule has 174 valence electrons. The van der Waals surface area contributed by atoms with Crippen LogP contribution in [-0.2, 0) is 21.2 Å². The van der Waals surface area contributed by atoms with E-state index in [1.54, 1.807) is 12.1 Å². The second-order valence-corrected chi connectivity index (χ2v) is 10.8. The smallest absolute Gasteiger partial charge is 0.238 e. The molecular weight excluding hydrogens is 432 g/mol. The number of amides is 1. The molecule has 9 nitrogen and oxygen atoms in total. The number of aryl methyl sites for hydroxylation is 1. The standard InChI is InChI=1S/C22H30N4O5S/c1-15-19(16(2)26(24-15)18-7-10-32(28,29)14-18)12-25(3)13-22(27)23-17-5-6-20-21(11-17)31-9-4-8-30-20/h5-6,11,18H,4,7-10,12-14H2,1-3H3,(H,23,27). The molecule has 0 bridgehead atoms. The molecule has 1 aromatic carbocycles. The largest absolute Gasteiger partial charge is 0.490 e. The number of ether oxygens (including phenoxy) is 2. The summed E-state index contributed by atoms with van der Waals surface area (Å²) in [5, 5.41) is 7.52. The zero-order chi connectivity index (χ0) is 22.9. The normalized spacial score (nSPS) is 19.7.